The molecule has 2 aromatic heterocycles. The lowest BCUT2D eigenvalue weighted by Crippen LogP contribution is -2.00. The Labute approximate surface area is 306 Å². The highest BCUT2D eigenvalue weighted by Gasteiger charge is 2.19. The average Bonchev–Trinajstić information content (AvgIpc) is 3.62. The zero-order chi connectivity index (χ0) is 35.1. The number of furan rings is 1. The first-order valence-corrected chi connectivity index (χ1v) is 17.8. The van der Waals surface area contributed by atoms with Gasteiger partial charge >= 0.3 is 0 Å². The van der Waals surface area contributed by atoms with Crippen LogP contribution < -0.4 is 0 Å². The first-order chi connectivity index (χ1) is 26.3. The molecule has 0 amide bonds. The molecule has 8 aromatic carbocycles. The van der Waals surface area contributed by atoms with E-state index in [1.807, 2.05) is 42.5 Å². The fraction of sp³-hybridized carbons (Fsp3) is 0. The third-order valence-corrected chi connectivity index (χ3v) is 9.95. The SMILES string of the molecule is c1ccc(-c2ccc3cccc(-c4nc(-c5ccccc5)nc(-c5ccc6c(c5)oc5cccc(-c7ccccc7-c7ccccc7)c56)n4)c3c2)cc1. The third-order valence-electron chi connectivity index (χ3n) is 9.95. The summed E-state index contributed by atoms with van der Waals surface area (Å²) in [6, 6.07) is 65.1. The number of benzene rings is 8. The Morgan fingerprint density at radius 2 is 0.887 bits per heavy atom. The standard InChI is InChI=1S/C49H31N3O/c1-4-14-32(15-5-1)36-27-26-34-20-12-24-41(43(34)30-36)49-51-47(35-18-8-3-9-19-35)50-48(52-49)37-28-29-42-45(31-37)53-44-25-13-23-40(46(42)44)39-22-11-10-21-38(39)33-16-6-2-7-17-33/h1-31H. The molecule has 0 bridgehead atoms. The normalized spacial score (nSPS) is 11.4. The Balaban J connectivity index is 1.14. The molecule has 0 unspecified atom stereocenters. The van der Waals surface area contributed by atoms with Gasteiger partial charge in [0.1, 0.15) is 11.2 Å². The fourth-order valence-corrected chi connectivity index (χ4v) is 7.40. The van der Waals surface area contributed by atoms with Crippen molar-refractivity contribution >= 4 is 32.7 Å². The fourth-order valence-electron chi connectivity index (χ4n) is 7.40. The molecule has 248 valence electrons. The van der Waals surface area contributed by atoms with Crippen molar-refractivity contribution in [3.63, 3.8) is 0 Å². The molecular formula is C49H31N3O. The molecule has 0 fully saturated rings. The molecule has 0 atom stereocenters. The first-order valence-electron chi connectivity index (χ1n) is 17.8. The van der Waals surface area contributed by atoms with Gasteiger partial charge in [0.25, 0.3) is 0 Å². The van der Waals surface area contributed by atoms with Gasteiger partial charge in [-0.25, -0.2) is 15.0 Å². The van der Waals surface area contributed by atoms with E-state index < -0.39 is 0 Å². The van der Waals surface area contributed by atoms with Crippen molar-refractivity contribution < 1.29 is 4.42 Å². The summed E-state index contributed by atoms with van der Waals surface area (Å²) in [7, 11) is 0. The largest absolute Gasteiger partial charge is 0.456 e. The van der Waals surface area contributed by atoms with E-state index in [1.165, 1.54) is 11.1 Å². The molecule has 0 spiro atoms. The van der Waals surface area contributed by atoms with Gasteiger partial charge in [0.15, 0.2) is 17.5 Å². The minimum atomic E-state index is 0.585. The molecular weight excluding hydrogens is 647 g/mol. The third kappa shape index (κ3) is 5.54. The highest BCUT2D eigenvalue weighted by Crippen LogP contribution is 2.41. The van der Waals surface area contributed by atoms with E-state index >= 15 is 0 Å². The summed E-state index contributed by atoms with van der Waals surface area (Å²) in [4.78, 5) is 15.3. The van der Waals surface area contributed by atoms with Crippen LogP contribution in [0.25, 0.3) is 100 Å². The first kappa shape index (κ1) is 30.6. The molecule has 0 N–H and O–H groups in total. The molecule has 0 saturated carbocycles. The van der Waals surface area contributed by atoms with E-state index in [0.29, 0.717) is 17.5 Å². The van der Waals surface area contributed by atoms with Crippen molar-refractivity contribution in [2.45, 2.75) is 0 Å². The van der Waals surface area contributed by atoms with E-state index in [4.69, 9.17) is 19.4 Å². The van der Waals surface area contributed by atoms with Gasteiger partial charge < -0.3 is 4.42 Å². The minimum Gasteiger partial charge on any atom is -0.456 e. The number of nitrogens with zero attached hydrogens (tertiary/aromatic N) is 3. The van der Waals surface area contributed by atoms with E-state index in [0.717, 1.165) is 71.7 Å². The Hall–Kier alpha value is -7.17. The Kier molecular flexibility index (Phi) is 7.43. The molecule has 53 heavy (non-hydrogen) atoms. The van der Waals surface area contributed by atoms with E-state index in [-0.39, 0.29) is 0 Å². The van der Waals surface area contributed by atoms with Crippen molar-refractivity contribution in [2.24, 2.45) is 0 Å². The van der Waals surface area contributed by atoms with Gasteiger partial charge in [-0.15, -0.1) is 0 Å². The number of hydrogen-bond donors (Lipinski definition) is 0. The average molecular weight is 678 g/mol. The van der Waals surface area contributed by atoms with Crippen LogP contribution in [0.2, 0.25) is 0 Å². The van der Waals surface area contributed by atoms with Crippen LogP contribution in [0, 0.1) is 0 Å². The molecule has 4 heteroatoms. The molecule has 0 saturated heterocycles. The van der Waals surface area contributed by atoms with Crippen LogP contribution in [0.15, 0.2) is 192 Å². The van der Waals surface area contributed by atoms with Gasteiger partial charge in [-0.3, -0.25) is 0 Å². The highest BCUT2D eigenvalue weighted by molar-refractivity contribution is 6.14. The summed E-state index contributed by atoms with van der Waals surface area (Å²) in [6.45, 7) is 0. The maximum Gasteiger partial charge on any atom is 0.164 e. The van der Waals surface area contributed by atoms with Crippen LogP contribution in [0.4, 0.5) is 0 Å². The molecule has 4 nitrogen and oxygen atoms in total. The van der Waals surface area contributed by atoms with Crippen LogP contribution >= 0.6 is 0 Å². The summed E-state index contributed by atoms with van der Waals surface area (Å²) in [5.41, 5.74) is 11.3. The maximum atomic E-state index is 6.59. The molecule has 10 aromatic rings. The van der Waals surface area contributed by atoms with Gasteiger partial charge in [0, 0.05) is 27.5 Å². The lowest BCUT2D eigenvalue weighted by Gasteiger charge is -2.12. The Morgan fingerprint density at radius 1 is 0.302 bits per heavy atom. The second kappa shape index (κ2) is 12.9. The van der Waals surface area contributed by atoms with Gasteiger partial charge in [-0.1, -0.05) is 164 Å². The van der Waals surface area contributed by atoms with Gasteiger partial charge in [0.05, 0.1) is 0 Å². The maximum absolute atomic E-state index is 6.59. The van der Waals surface area contributed by atoms with Gasteiger partial charge in [-0.05, 0) is 68.4 Å². The summed E-state index contributed by atoms with van der Waals surface area (Å²) in [6.07, 6.45) is 0. The molecule has 0 aliphatic heterocycles. The van der Waals surface area contributed by atoms with E-state index in [2.05, 4.69) is 146 Å². The van der Waals surface area contributed by atoms with Crippen LogP contribution in [0.1, 0.15) is 0 Å². The number of hydrogen-bond acceptors (Lipinski definition) is 4. The smallest absolute Gasteiger partial charge is 0.164 e. The molecule has 10 rings (SSSR count). The van der Waals surface area contributed by atoms with E-state index in [1.54, 1.807) is 0 Å². The summed E-state index contributed by atoms with van der Waals surface area (Å²) < 4.78 is 6.59. The zero-order valence-corrected chi connectivity index (χ0v) is 28.6. The second-order valence-electron chi connectivity index (χ2n) is 13.2. The second-order valence-corrected chi connectivity index (χ2v) is 13.2. The number of rotatable bonds is 6. The van der Waals surface area contributed by atoms with Crippen molar-refractivity contribution in [1.29, 1.82) is 0 Å². The summed E-state index contributed by atoms with van der Waals surface area (Å²) in [5.74, 6) is 1.82. The summed E-state index contributed by atoms with van der Waals surface area (Å²) >= 11 is 0. The molecule has 0 radical (unpaired) electrons. The number of fused-ring (bicyclic) bond motifs is 4. The molecule has 0 aliphatic rings. The van der Waals surface area contributed by atoms with Crippen molar-refractivity contribution in [1.82, 2.24) is 15.0 Å². The lowest BCUT2D eigenvalue weighted by atomic mass is 9.92. The van der Waals surface area contributed by atoms with Crippen LogP contribution in [0.5, 0.6) is 0 Å². The topological polar surface area (TPSA) is 51.8 Å². The zero-order valence-electron chi connectivity index (χ0n) is 28.6. The van der Waals surface area contributed by atoms with Crippen LogP contribution in [-0.4, -0.2) is 15.0 Å². The molecule has 2 heterocycles. The Morgan fingerprint density at radius 3 is 1.66 bits per heavy atom. The van der Waals surface area contributed by atoms with Gasteiger partial charge in [-0.2, -0.15) is 0 Å². The quantitative estimate of drug-likeness (QED) is 0.176. The van der Waals surface area contributed by atoms with Crippen molar-refractivity contribution in [3.8, 4) is 67.5 Å². The predicted octanol–water partition coefficient (Wildman–Crippen LogP) is 12.9. The minimum absolute atomic E-state index is 0.585. The van der Waals surface area contributed by atoms with Crippen molar-refractivity contribution in [2.75, 3.05) is 0 Å². The molecule has 0 aliphatic carbocycles. The van der Waals surface area contributed by atoms with Crippen LogP contribution in [-0.2, 0) is 0 Å². The van der Waals surface area contributed by atoms with Crippen molar-refractivity contribution in [3.05, 3.63) is 188 Å². The van der Waals surface area contributed by atoms with E-state index in [9.17, 15) is 0 Å². The Bertz CT molecular complexity index is 2940. The predicted molar refractivity (Wildman–Crippen MR) is 217 cm³/mol. The number of aromatic nitrogens is 3. The summed E-state index contributed by atoms with van der Waals surface area (Å²) in [5, 5.41) is 4.34. The van der Waals surface area contributed by atoms with Crippen LogP contribution in [0.3, 0.4) is 0 Å². The monoisotopic (exact) mass is 677 g/mol. The lowest BCUT2D eigenvalue weighted by molar-refractivity contribution is 0.669. The van der Waals surface area contributed by atoms with Gasteiger partial charge in [0.2, 0.25) is 0 Å². The highest BCUT2D eigenvalue weighted by atomic mass is 16.3.